The molecule has 1 N–H and O–H groups in total. The van der Waals surface area contributed by atoms with Crippen molar-refractivity contribution in [3.8, 4) is 5.75 Å². The first-order valence-electron chi connectivity index (χ1n) is 7.66. The average Bonchev–Trinajstić information content (AvgIpc) is 2.58. The number of benzene rings is 2. The van der Waals surface area contributed by atoms with Crippen LogP contribution in [0.1, 0.15) is 12.0 Å². The van der Waals surface area contributed by atoms with E-state index in [4.69, 9.17) is 9.26 Å². The Morgan fingerprint density at radius 1 is 1.17 bits per heavy atom. The highest BCUT2D eigenvalue weighted by molar-refractivity contribution is 7.58. The maximum atomic E-state index is 13.3. The highest BCUT2D eigenvalue weighted by Crippen LogP contribution is 2.53. The van der Waals surface area contributed by atoms with E-state index >= 15 is 0 Å². The van der Waals surface area contributed by atoms with E-state index in [1.54, 1.807) is 7.11 Å². The highest BCUT2D eigenvalue weighted by Gasteiger charge is 2.35. The number of para-hydroxylation sites is 2. The zero-order chi connectivity index (χ0) is 16.1. The smallest absolute Gasteiger partial charge is 0.368 e. The number of methoxy groups -OCH3 is 1. The molecule has 1 heterocycles. The van der Waals surface area contributed by atoms with Crippen LogP contribution < -0.4 is 9.82 Å². The topological polar surface area (TPSA) is 50.8 Å². The zero-order valence-corrected chi connectivity index (χ0v) is 14.0. The van der Waals surface area contributed by atoms with Crippen LogP contribution in [-0.2, 0) is 15.6 Å². The molecule has 0 bridgehead atoms. The van der Waals surface area contributed by atoms with Gasteiger partial charge >= 0.3 is 7.67 Å². The fourth-order valence-electron chi connectivity index (χ4n) is 2.63. The van der Waals surface area contributed by atoms with Crippen LogP contribution in [0.2, 0.25) is 0 Å². The van der Waals surface area contributed by atoms with Gasteiger partial charge < -0.3 is 14.3 Å². The number of hydrogen-bond donors (Lipinski definition) is 1. The Morgan fingerprint density at radius 2 is 1.91 bits per heavy atom. The zero-order valence-electron chi connectivity index (χ0n) is 13.1. The maximum absolute atomic E-state index is 13.3. The molecule has 1 aliphatic rings. The molecule has 0 saturated carbocycles. The Bertz CT molecular complexity index is 693. The van der Waals surface area contributed by atoms with Gasteiger partial charge in [0.2, 0.25) is 0 Å². The minimum Gasteiger partial charge on any atom is -0.496 e. The molecule has 0 radical (unpaired) electrons. The van der Waals surface area contributed by atoms with Crippen LogP contribution in [0.15, 0.2) is 54.6 Å². The average molecular weight is 332 g/mol. The van der Waals surface area contributed by atoms with Crippen LogP contribution >= 0.6 is 7.67 Å². The second-order valence-corrected chi connectivity index (χ2v) is 7.47. The Labute approximate surface area is 136 Å². The molecule has 1 saturated heterocycles. The van der Waals surface area contributed by atoms with Gasteiger partial charge in [-0.25, -0.2) is 9.24 Å². The summed E-state index contributed by atoms with van der Waals surface area (Å²) in [6.07, 6.45) is 0.857. The standard InChI is InChI=1S/C17H21N2O3P/c1-21-17-11-6-5-8-15(17)14-19-12-7-13-22-23(19,20)18-16-9-3-2-4-10-16/h2-6,8-11H,7,12-14H2,1H3,(H,18,20). The van der Waals surface area contributed by atoms with E-state index in [0.717, 1.165) is 30.0 Å². The molecule has 2 aromatic rings. The quantitative estimate of drug-likeness (QED) is 0.834. The molecule has 5 nitrogen and oxygen atoms in total. The van der Waals surface area contributed by atoms with Crippen molar-refractivity contribution < 1.29 is 13.8 Å². The second-order valence-electron chi connectivity index (χ2n) is 5.39. The van der Waals surface area contributed by atoms with E-state index in [1.165, 1.54) is 0 Å². The summed E-state index contributed by atoms with van der Waals surface area (Å²) < 4.78 is 26.2. The number of ether oxygens (including phenoxy) is 1. The summed E-state index contributed by atoms with van der Waals surface area (Å²) in [4.78, 5) is 0. The summed E-state index contributed by atoms with van der Waals surface area (Å²) in [5, 5.41) is 3.08. The van der Waals surface area contributed by atoms with Crippen LogP contribution in [0.25, 0.3) is 0 Å². The fraction of sp³-hybridized carbons (Fsp3) is 0.294. The van der Waals surface area contributed by atoms with Gasteiger partial charge in [-0.05, 0) is 24.6 Å². The number of hydrogen-bond acceptors (Lipinski definition) is 3. The summed E-state index contributed by atoms with van der Waals surface area (Å²) in [5.41, 5.74) is 1.79. The van der Waals surface area contributed by atoms with E-state index in [-0.39, 0.29) is 0 Å². The van der Waals surface area contributed by atoms with Gasteiger partial charge in [0, 0.05) is 24.3 Å². The molecule has 1 unspecified atom stereocenters. The van der Waals surface area contributed by atoms with Gasteiger partial charge in [0.15, 0.2) is 0 Å². The van der Waals surface area contributed by atoms with Crippen LogP contribution in [0.4, 0.5) is 5.69 Å². The first-order chi connectivity index (χ1) is 11.2. The molecule has 23 heavy (non-hydrogen) atoms. The molecular weight excluding hydrogens is 311 g/mol. The summed E-state index contributed by atoms with van der Waals surface area (Å²) in [6.45, 7) is 1.73. The molecule has 122 valence electrons. The molecule has 3 rings (SSSR count). The lowest BCUT2D eigenvalue weighted by Crippen LogP contribution is -2.31. The van der Waals surface area contributed by atoms with Gasteiger partial charge in [-0.1, -0.05) is 36.4 Å². The third-order valence-corrected chi connectivity index (χ3v) is 5.95. The van der Waals surface area contributed by atoms with E-state index < -0.39 is 7.67 Å². The number of nitrogens with zero attached hydrogens (tertiary/aromatic N) is 1. The lowest BCUT2D eigenvalue weighted by molar-refractivity contribution is 0.205. The molecule has 0 aromatic heterocycles. The Kier molecular flexibility index (Phi) is 5.01. The van der Waals surface area contributed by atoms with Gasteiger partial charge in [0.25, 0.3) is 0 Å². The summed E-state index contributed by atoms with van der Waals surface area (Å²) >= 11 is 0. The van der Waals surface area contributed by atoms with Crippen molar-refractivity contribution in [3.05, 3.63) is 60.2 Å². The first-order valence-corrected chi connectivity index (χ1v) is 9.24. The Balaban J connectivity index is 1.82. The van der Waals surface area contributed by atoms with E-state index in [2.05, 4.69) is 5.09 Å². The predicted molar refractivity (Wildman–Crippen MR) is 91.6 cm³/mol. The van der Waals surface area contributed by atoms with E-state index in [9.17, 15) is 4.57 Å². The van der Waals surface area contributed by atoms with Crippen LogP contribution in [0, 0.1) is 0 Å². The number of rotatable bonds is 5. The summed E-state index contributed by atoms with van der Waals surface area (Å²) in [7, 11) is -1.47. The van der Waals surface area contributed by atoms with Crippen molar-refractivity contribution >= 4 is 13.4 Å². The van der Waals surface area contributed by atoms with Crippen LogP contribution in [0.5, 0.6) is 5.75 Å². The molecule has 0 amide bonds. The first kappa shape index (κ1) is 16.1. The van der Waals surface area contributed by atoms with Crippen LogP contribution in [-0.4, -0.2) is 24.9 Å². The minimum atomic E-state index is -3.11. The van der Waals surface area contributed by atoms with E-state index in [0.29, 0.717) is 13.2 Å². The molecule has 1 aliphatic heterocycles. The Hall–Kier alpha value is -1.81. The summed E-state index contributed by atoms with van der Waals surface area (Å²) in [5.74, 6) is 0.796. The monoisotopic (exact) mass is 332 g/mol. The lowest BCUT2D eigenvalue weighted by Gasteiger charge is -2.35. The van der Waals surface area contributed by atoms with Gasteiger partial charge in [-0.3, -0.25) is 0 Å². The van der Waals surface area contributed by atoms with Gasteiger partial charge in [-0.15, -0.1) is 0 Å². The molecule has 2 aromatic carbocycles. The van der Waals surface area contributed by atoms with Crippen molar-refractivity contribution in [3.63, 3.8) is 0 Å². The third kappa shape index (κ3) is 3.75. The molecule has 1 fully saturated rings. The van der Waals surface area contributed by atoms with Crippen molar-refractivity contribution in [2.45, 2.75) is 13.0 Å². The minimum absolute atomic E-state index is 0.500. The molecule has 6 heteroatoms. The lowest BCUT2D eigenvalue weighted by atomic mass is 10.2. The normalized spacial score (nSPS) is 21.8. The van der Waals surface area contributed by atoms with Crippen molar-refractivity contribution in [2.75, 3.05) is 25.3 Å². The van der Waals surface area contributed by atoms with Crippen molar-refractivity contribution in [1.29, 1.82) is 0 Å². The summed E-state index contributed by atoms with van der Waals surface area (Å²) in [6, 6.07) is 17.3. The molecule has 1 atom stereocenters. The number of nitrogens with one attached hydrogen (secondary N) is 1. The van der Waals surface area contributed by atoms with Crippen molar-refractivity contribution in [1.82, 2.24) is 4.67 Å². The second kappa shape index (κ2) is 7.18. The third-order valence-electron chi connectivity index (χ3n) is 3.79. The van der Waals surface area contributed by atoms with Gasteiger partial charge in [0.05, 0.1) is 13.7 Å². The SMILES string of the molecule is COc1ccccc1CN1CCCOP1(=O)Nc1ccccc1. The molecular formula is C17H21N2O3P. The maximum Gasteiger partial charge on any atom is 0.368 e. The van der Waals surface area contributed by atoms with Crippen molar-refractivity contribution in [2.24, 2.45) is 0 Å². The Morgan fingerprint density at radius 3 is 2.70 bits per heavy atom. The largest absolute Gasteiger partial charge is 0.496 e. The van der Waals surface area contributed by atoms with Gasteiger partial charge in [0.1, 0.15) is 5.75 Å². The highest BCUT2D eigenvalue weighted by atomic mass is 31.2. The number of anilines is 1. The van der Waals surface area contributed by atoms with E-state index in [1.807, 2.05) is 59.3 Å². The molecule has 0 aliphatic carbocycles. The fourth-order valence-corrected chi connectivity index (χ4v) is 4.59. The predicted octanol–water partition coefficient (Wildman–Crippen LogP) is 4.14. The van der Waals surface area contributed by atoms with Gasteiger partial charge in [-0.2, -0.15) is 0 Å². The van der Waals surface area contributed by atoms with Crippen LogP contribution in [0.3, 0.4) is 0 Å². The molecule has 0 spiro atoms.